The van der Waals surface area contributed by atoms with E-state index in [0.29, 0.717) is 32.9 Å². The van der Waals surface area contributed by atoms with Crippen LogP contribution < -0.4 is 19.5 Å². The van der Waals surface area contributed by atoms with E-state index in [1.807, 2.05) is 30.3 Å². The first-order valence-electron chi connectivity index (χ1n) is 8.75. The lowest BCUT2D eigenvalue weighted by Gasteiger charge is -2.14. The van der Waals surface area contributed by atoms with Gasteiger partial charge < -0.3 is 24.6 Å². The molecule has 0 fully saturated rings. The Hall–Kier alpha value is -3.52. The number of aliphatic imine (C=N–C) groups is 1. The average molecular weight is 409 g/mol. The number of methoxy groups -OCH3 is 3. The Morgan fingerprint density at radius 3 is 2.45 bits per heavy atom. The van der Waals surface area contributed by atoms with Crippen molar-refractivity contribution in [3.63, 3.8) is 0 Å². The quantitative estimate of drug-likeness (QED) is 0.604. The van der Waals surface area contributed by atoms with Gasteiger partial charge in [0.05, 0.1) is 31.9 Å². The molecule has 0 saturated heterocycles. The van der Waals surface area contributed by atoms with Crippen molar-refractivity contribution < 1.29 is 19.3 Å². The number of benzene rings is 2. The highest BCUT2D eigenvalue weighted by Crippen LogP contribution is 2.42. The normalized spacial score (nSPS) is 13.4. The molecule has 0 amide bonds. The highest BCUT2D eigenvalue weighted by molar-refractivity contribution is 7.16. The minimum atomic E-state index is -0.0461. The van der Waals surface area contributed by atoms with E-state index < -0.39 is 0 Å². The highest BCUT2D eigenvalue weighted by atomic mass is 32.1. The fourth-order valence-electron chi connectivity index (χ4n) is 3.04. The van der Waals surface area contributed by atoms with Crippen LogP contribution in [0.3, 0.4) is 0 Å². The average Bonchev–Trinajstić information content (AvgIpc) is 3.30. The van der Waals surface area contributed by atoms with Crippen molar-refractivity contribution >= 4 is 45.7 Å². The van der Waals surface area contributed by atoms with E-state index in [1.165, 1.54) is 11.3 Å². The first kappa shape index (κ1) is 18.8. The van der Waals surface area contributed by atoms with Gasteiger partial charge >= 0.3 is 0 Å². The van der Waals surface area contributed by atoms with E-state index >= 15 is 0 Å². The van der Waals surface area contributed by atoms with Crippen molar-refractivity contribution in [3.8, 4) is 23.1 Å². The molecule has 0 spiro atoms. The molecule has 0 radical (unpaired) electrons. The number of ether oxygens (including phenoxy) is 3. The third-order valence-corrected chi connectivity index (χ3v) is 5.30. The monoisotopic (exact) mass is 409 g/mol. The van der Waals surface area contributed by atoms with Gasteiger partial charge in [0, 0.05) is 35.2 Å². The fraction of sp³-hybridized carbons (Fsp3) is 0.143. The number of hydrogen-bond donors (Lipinski definition) is 2. The molecule has 0 saturated carbocycles. The lowest BCUT2D eigenvalue weighted by Crippen LogP contribution is -1.97. The van der Waals surface area contributed by atoms with Crippen LogP contribution in [0.25, 0.3) is 11.6 Å². The maximum absolute atomic E-state index is 10.3. The summed E-state index contributed by atoms with van der Waals surface area (Å²) in [6.45, 7) is 0. The minimum absolute atomic E-state index is 0.0461. The number of allylic oxidation sites excluding steroid dienone is 1. The van der Waals surface area contributed by atoms with E-state index in [4.69, 9.17) is 14.2 Å². The van der Waals surface area contributed by atoms with E-state index in [2.05, 4.69) is 15.3 Å². The molecule has 148 valence electrons. The number of thiazole rings is 1. The molecular weight excluding hydrogens is 390 g/mol. The fourth-order valence-corrected chi connectivity index (χ4v) is 3.88. The molecule has 1 aliphatic heterocycles. The number of para-hydroxylation sites is 1. The Balaban J connectivity index is 1.63. The van der Waals surface area contributed by atoms with Gasteiger partial charge in [-0.3, -0.25) is 4.99 Å². The molecule has 1 aliphatic rings. The molecule has 2 heterocycles. The summed E-state index contributed by atoms with van der Waals surface area (Å²) in [4.78, 5) is 9.25. The van der Waals surface area contributed by atoms with E-state index in [1.54, 1.807) is 39.7 Å². The van der Waals surface area contributed by atoms with Crippen LogP contribution in [-0.4, -0.2) is 37.6 Å². The number of hydrogen-bond acceptors (Lipinski definition) is 8. The number of anilines is 2. The molecule has 4 rings (SSSR count). The van der Waals surface area contributed by atoms with Crippen LogP contribution in [0, 0.1) is 0 Å². The number of aromatic hydroxyl groups is 1. The maximum atomic E-state index is 10.3. The largest absolute Gasteiger partial charge is 0.493 e. The zero-order valence-electron chi connectivity index (χ0n) is 16.1. The third-order valence-electron chi connectivity index (χ3n) is 4.39. The molecule has 3 aromatic rings. The Labute approximate surface area is 171 Å². The van der Waals surface area contributed by atoms with E-state index in [-0.39, 0.29) is 5.88 Å². The van der Waals surface area contributed by atoms with Gasteiger partial charge in [-0.1, -0.05) is 29.5 Å². The molecule has 0 atom stereocenters. The second-order valence-corrected chi connectivity index (χ2v) is 7.15. The van der Waals surface area contributed by atoms with Gasteiger partial charge in [0.2, 0.25) is 11.6 Å². The molecule has 0 unspecified atom stereocenters. The maximum Gasteiger partial charge on any atom is 0.231 e. The molecule has 29 heavy (non-hydrogen) atoms. The first-order valence-corrected chi connectivity index (χ1v) is 9.56. The zero-order valence-corrected chi connectivity index (χ0v) is 16.9. The summed E-state index contributed by atoms with van der Waals surface area (Å²) in [6.07, 6.45) is 3.67. The van der Waals surface area contributed by atoms with Crippen molar-refractivity contribution in [2.45, 2.75) is 0 Å². The number of aromatic nitrogens is 1. The number of nitrogens with zero attached hydrogens (tertiary/aromatic N) is 2. The van der Waals surface area contributed by atoms with Gasteiger partial charge in [-0.15, -0.1) is 0 Å². The SMILES string of the molecule is COc1cc(Nc2nc(O)c(/C=C3\C=Nc4ccccc43)s2)cc(OC)c1OC. The summed E-state index contributed by atoms with van der Waals surface area (Å²) < 4.78 is 16.1. The molecule has 1 aromatic heterocycles. The zero-order chi connectivity index (χ0) is 20.4. The van der Waals surface area contributed by atoms with Gasteiger partial charge in [0.25, 0.3) is 0 Å². The van der Waals surface area contributed by atoms with Crippen LogP contribution in [0.5, 0.6) is 23.1 Å². The van der Waals surface area contributed by atoms with Crippen molar-refractivity contribution in [2.75, 3.05) is 26.6 Å². The predicted molar refractivity (Wildman–Crippen MR) is 116 cm³/mol. The van der Waals surface area contributed by atoms with Gasteiger partial charge in [0.1, 0.15) is 0 Å². The van der Waals surface area contributed by atoms with Gasteiger partial charge in [-0.2, -0.15) is 4.98 Å². The number of rotatable bonds is 6. The van der Waals surface area contributed by atoms with Crippen molar-refractivity contribution in [2.24, 2.45) is 4.99 Å². The number of fused-ring (bicyclic) bond motifs is 1. The Morgan fingerprint density at radius 1 is 1.03 bits per heavy atom. The van der Waals surface area contributed by atoms with Crippen molar-refractivity contribution in [3.05, 3.63) is 46.8 Å². The third kappa shape index (κ3) is 3.62. The second-order valence-electron chi connectivity index (χ2n) is 6.12. The van der Waals surface area contributed by atoms with Crippen molar-refractivity contribution in [1.82, 2.24) is 4.98 Å². The Bertz CT molecular complexity index is 1100. The van der Waals surface area contributed by atoms with Crippen LogP contribution >= 0.6 is 11.3 Å². The topological polar surface area (TPSA) is 85.2 Å². The van der Waals surface area contributed by atoms with Crippen LogP contribution in [-0.2, 0) is 0 Å². The molecule has 0 aliphatic carbocycles. The molecule has 8 heteroatoms. The van der Waals surface area contributed by atoms with E-state index in [0.717, 1.165) is 16.8 Å². The molecule has 0 bridgehead atoms. The van der Waals surface area contributed by atoms with Crippen LogP contribution in [0.2, 0.25) is 0 Å². The van der Waals surface area contributed by atoms with E-state index in [9.17, 15) is 5.11 Å². The van der Waals surface area contributed by atoms with Gasteiger partial charge in [0.15, 0.2) is 16.6 Å². The molecule has 7 nitrogen and oxygen atoms in total. The van der Waals surface area contributed by atoms with Crippen LogP contribution in [0.4, 0.5) is 16.5 Å². The lowest BCUT2D eigenvalue weighted by molar-refractivity contribution is 0.324. The predicted octanol–water partition coefficient (Wildman–Crippen LogP) is 4.87. The van der Waals surface area contributed by atoms with Crippen LogP contribution in [0.15, 0.2) is 41.4 Å². The summed E-state index contributed by atoms with van der Waals surface area (Å²) in [5.74, 6) is 1.51. The summed E-state index contributed by atoms with van der Waals surface area (Å²) in [6, 6.07) is 11.4. The summed E-state index contributed by atoms with van der Waals surface area (Å²) in [5, 5.41) is 14.0. The highest BCUT2D eigenvalue weighted by Gasteiger charge is 2.17. The smallest absolute Gasteiger partial charge is 0.231 e. The lowest BCUT2D eigenvalue weighted by atomic mass is 10.1. The van der Waals surface area contributed by atoms with Crippen molar-refractivity contribution in [1.29, 1.82) is 0 Å². The van der Waals surface area contributed by atoms with Gasteiger partial charge in [-0.05, 0) is 12.1 Å². The molecular formula is C21H19N3O4S. The minimum Gasteiger partial charge on any atom is -0.493 e. The summed E-state index contributed by atoms with van der Waals surface area (Å²) in [7, 11) is 4.67. The number of nitrogens with one attached hydrogen (secondary N) is 1. The van der Waals surface area contributed by atoms with Gasteiger partial charge in [-0.25, -0.2) is 0 Å². The summed E-state index contributed by atoms with van der Waals surface area (Å²) in [5.41, 5.74) is 3.57. The Kier molecular flexibility index (Phi) is 5.09. The second kappa shape index (κ2) is 7.84. The first-order chi connectivity index (χ1) is 14.1. The van der Waals surface area contributed by atoms with Crippen LogP contribution in [0.1, 0.15) is 10.4 Å². The Morgan fingerprint density at radius 2 is 1.76 bits per heavy atom. The summed E-state index contributed by atoms with van der Waals surface area (Å²) >= 11 is 1.33. The molecule has 2 aromatic carbocycles. The standard InChI is InChI=1S/C21H19N3O4S/c1-26-16-9-13(10-17(27-2)19(16)28-3)23-21-24-20(25)18(29-21)8-12-11-22-15-7-5-4-6-14(12)15/h4-11,25H,1-3H3,(H,23,24)/b12-8+. The molecule has 2 N–H and O–H groups in total.